The van der Waals surface area contributed by atoms with E-state index in [-0.39, 0.29) is 5.56 Å². The number of hydrogen-bond donors (Lipinski definition) is 2. The summed E-state index contributed by atoms with van der Waals surface area (Å²) in [6.07, 6.45) is 0. The molecule has 4 nitrogen and oxygen atoms in total. The van der Waals surface area contributed by atoms with E-state index in [1.165, 1.54) is 0 Å². The predicted octanol–water partition coefficient (Wildman–Crippen LogP) is 1.62. The first-order valence-electron chi connectivity index (χ1n) is 4.08. The van der Waals surface area contributed by atoms with E-state index in [1.807, 2.05) is 0 Å². The molecule has 0 fully saturated rings. The Morgan fingerprint density at radius 3 is 3.00 bits per heavy atom. The molecule has 1 aromatic heterocycles. The number of anilines is 1. The molecule has 0 spiro atoms. The molecule has 0 saturated carbocycles. The van der Waals surface area contributed by atoms with E-state index in [2.05, 4.69) is 15.3 Å². The molecule has 2 aromatic rings. The van der Waals surface area contributed by atoms with Gasteiger partial charge in [0.2, 0.25) is 0 Å². The summed E-state index contributed by atoms with van der Waals surface area (Å²) < 4.78 is 0. The van der Waals surface area contributed by atoms with Crippen LogP contribution >= 0.6 is 11.6 Å². The van der Waals surface area contributed by atoms with Crippen LogP contribution in [0.3, 0.4) is 0 Å². The molecule has 0 bridgehead atoms. The summed E-state index contributed by atoms with van der Waals surface area (Å²) >= 11 is 5.80. The molecule has 1 aromatic carbocycles. The Hall–Kier alpha value is -1.55. The molecule has 2 N–H and O–H groups in total. The van der Waals surface area contributed by atoms with Crippen molar-refractivity contribution in [3.05, 3.63) is 33.6 Å². The lowest BCUT2D eigenvalue weighted by Crippen LogP contribution is -2.13. The van der Waals surface area contributed by atoms with Crippen molar-refractivity contribution in [2.75, 3.05) is 12.4 Å². The normalized spacial score (nSPS) is 10.4. The standard InChI is InChI=1S/C9H8ClN3O/c1-11-8-9(14)13-6-3-2-5(10)4-7(6)12-8/h2-4H,1H3,(H,11,12)(H,13,14). The van der Waals surface area contributed by atoms with E-state index in [4.69, 9.17) is 11.6 Å². The highest BCUT2D eigenvalue weighted by Gasteiger charge is 2.02. The molecule has 2 rings (SSSR count). The van der Waals surface area contributed by atoms with Crippen LogP contribution in [0.4, 0.5) is 5.82 Å². The number of halogens is 1. The number of hydrogen-bond acceptors (Lipinski definition) is 3. The second-order valence-corrected chi connectivity index (χ2v) is 3.26. The summed E-state index contributed by atoms with van der Waals surface area (Å²) in [7, 11) is 1.65. The minimum absolute atomic E-state index is 0.234. The second-order valence-electron chi connectivity index (χ2n) is 2.83. The number of aromatic nitrogens is 2. The van der Waals surface area contributed by atoms with E-state index in [0.29, 0.717) is 21.9 Å². The maximum absolute atomic E-state index is 11.3. The van der Waals surface area contributed by atoms with Crippen LogP contribution in [-0.2, 0) is 0 Å². The van der Waals surface area contributed by atoms with Gasteiger partial charge in [-0.05, 0) is 18.2 Å². The van der Waals surface area contributed by atoms with Crippen LogP contribution in [0.25, 0.3) is 11.0 Å². The number of H-pyrrole nitrogens is 1. The van der Waals surface area contributed by atoms with Gasteiger partial charge < -0.3 is 10.3 Å². The molecule has 14 heavy (non-hydrogen) atoms. The van der Waals surface area contributed by atoms with E-state index in [9.17, 15) is 4.79 Å². The van der Waals surface area contributed by atoms with Gasteiger partial charge in [-0.2, -0.15) is 0 Å². The number of rotatable bonds is 1. The van der Waals surface area contributed by atoms with Crippen LogP contribution < -0.4 is 10.9 Å². The zero-order valence-corrected chi connectivity index (χ0v) is 8.22. The highest BCUT2D eigenvalue weighted by atomic mass is 35.5. The molecule has 1 heterocycles. The molecule has 0 aliphatic carbocycles. The maximum atomic E-state index is 11.3. The average molecular weight is 210 g/mol. The van der Waals surface area contributed by atoms with Crippen LogP contribution in [0.5, 0.6) is 0 Å². The second kappa shape index (κ2) is 3.31. The van der Waals surface area contributed by atoms with Crippen molar-refractivity contribution >= 4 is 28.5 Å². The highest BCUT2D eigenvalue weighted by Crippen LogP contribution is 2.15. The Morgan fingerprint density at radius 2 is 2.29 bits per heavy atom. The first-order chi connectivity index (χ1) is 6.70. The van der Waals surface area contributed by atoms with Gasteiger partial charge in [0.05, 0.1) is 11.0 Å². The Balaban J connectivity index is 2.80. The van der Waals surface area contributed by atoms with Gasteiger partial charge in [-0.3, -0.25) is 4.79 Å². The fourth-order valence-corrected chi connectivity index (χ4v) is 1.39. The third-order valence-electron chi connectivity index (χ3n) is 1.89. The smallest absolute Gasteiger partial charge is 0.291 e. The zero-order valence-electron chi connectivity index (χ0n) is 7.47. The van der Waals surface area contributed by atoms with Gasteiger partial charge in [0.15, 0.2) is 5.82 Å². The van der Waals surface area contributed by atoms with Crippen LogP contribution in [0, 0.1) is 0 Å². The molecule has 0 aliphatic heterocycles. The first-order valence-corrected chi connectivity index (χ1v) is 4.46. The molecular formula is C9H8ClN3O. The van der Waals surface area contributed by atoms with Crippen molar-refractivity contribution in [2.24, 2.45) is 0 Å². The summed E-state index contributed by atoms with van der Waals surface area (Å²) in [5.74, 6) is 0.291. The Bertz CT molecular complexity index is 535. The van der Waals surface area contributed by atoms with Gasteiger partial charge in [-0.25, -0.2) is 4.98 Å². The largest absolute Gasteiger partial charge is 0.369 e. The molecule has 0 radical (unpaired) electrons. The van der Waals surface area contributed by atoms with Gasteiger partial charge in [-0.1, -0.05) is 11.6 Å². The van der Waals surface area contributed by atoms with Crippen molar-refractivity contribution in [2.45, 2.75) is 0 Å². The van der Waals surface area contributed by atoms with Crippen molar-refractivity contribution in [3.63, 3.8) is 0 Å². The van der Waals surface area contributed by atoms with Crippen molar-refractivity contribution in [3.8, 4) is 0 Å². The zero-order chi connectivity index (χ0) is 10.1. The lowest BCUT2D eigenvalue weighted by Gasteiger charge is -2.01. The molecule has 0 amide bonds. The van der Waals surface area contributed by atoms with E-state index in [0.717, 1.165) is 0 Å². The van der Waals surface area contributed by atoms with Gasteiger partial charge in [-0.15, -0.1) is 0 Å². The van der Waals surface area contributed by atoms with E-state index in [1.54, 1.807) is 25.2 Å². The fourth-order valence-electron chi connectivity index (χ4n) is 1.23. The van der Waals surface area contributed by atoms with Crippen LogP contribution in [0.1, 0.15) is 0 Å². The average Bonchev–Trinajstić information content (AvgIpc) is 2.17. The molecule has 0 saturated heterocycles. The van der Waals surface area contributed by atoms with Gasteiger partial charge in [0.1, 0.15) is 0 Å². The topological polar surface area (TPSA) is 57.8 Å². The minimum Gasteiger partial charge on any atom is -0.369 e. The number of nitrogens with zero attached hydrogens (tertiary/aromatic N) is 1. The molecule has 5 heteroatoms. The first kappa shape index (κ1) is 9.02. The summed E-state index contributed by atoms with van der Waals surface area (Å²) in [5, 5.41) is 3.31. The number of aromatic amines is 1. The lowest BCUT2D eigenvalue weighted by molar-refractivity contribution is 1.20. The fraction of sp³-hybridized carbons (Fsp3) is 0.111. The molecule has 0 unspecified atom stereocenters. The Kier molecular flexibility index (Phi) is 2.13. The van der Waals surface area contributed by atoms with E-state index >= 15 is 0 Å². The predicted molar refractivity (Wildman–Crippen MR) is 56.9 cm³/mol. The minimum atomic E-state index is -0.234. The third kappa shape index (κ3) is 1.44. The summed E-state index contributed by atoms with van der Waals surface area (Å²) in [4.78, 5) is 18.1. The number of fused-ring (bicyclic) bond motifs is 1. The van der Waals surface area contributed by atoms with Gasteiger partial charge >= 0.3 is 0 Å². The van der Waals surface area contributed by atoms with Crippen LogP contribution in [0.15, 0.2) is 23.0 Å². The lowest BCUT2D eigenvalue weighted by atomic mass is 10.3. The van der Waals surface area contributed by atoms with Crippen LogP contribution in [0.2, 0.25) is 5.02 Å². The highest BCUT2D eigenvalue weighted by molar-refractivity contribution is 6.31. The Morgan fingerprint density at radius 1 is 1.50 bits per heavy atom. The number of nitrogens with one attached hydrogen (secondary N) is 2. The van der Waals surface area contributed by atoms with E-state index < -0.39 is 0 Å². The maximum Gasteiger partial charge on any atom is 0.291 e. The van der Waals surface area contributed by atoms with Crippen molar-refractivity contribution < 1.29 is 0 Å². The molecule has 72 valence electrons. The van der Waals surface area contributed by atoms with Gasteiger partial charge in [0.25, 0.3) is 5.56 Å². The summed E-state index contributed by atoms with van der Waals surface area (Å²) in [5.41, 5.74) is 1.11. The van der Waals surface area contributed by atoms with Gasteiger partial charge in [0, 0.05) is 12.1 Å². The molecule has 0 aliphatic rings. The summed E-state index contributed by atoms with van der Waals surface area (Å²) in [6, 6.07) is 5.14. The third-order valence-corrected chi connectivity index (χ3v) is 2.13. The summed E-state index contributed by atoms with van der Waals surface area (Å²) in [6.45, 7) is 0. The molecular weight excluding hydrogens is 202 g/mol. The van der Waals surface area contributed by atoms with Crippen LogP contribution in [-0.4, -0.2) is 17.0 Å². The van der Waals surface area contributed by atoms with Crippen molar-refractivity contribution in [1.82, 2.24) is 9.97 Å². The quantitative estimate of drug-likeness (QED) is 0.751. The van der Waals surface area contributed by atoms with Crippen molar-refractivity contribution in [1.29, 1.82) is 0 Å². The monoisotopic (exact) mass is 209 g/mol. The SMILES string of the molecule is CNc1nc2cc(Cl)ccc2[nH]c1=O. The molecule has 0 atom stereocenters. The Labute approximate surface area is 84.9 Å². The number of benzene rings is 1.